The maximum atomic E-state index is 12.7. The summed E-state index contributed by atoms with van der Waals surface area (Å²) in [5.41, 5.74) is 7.30. The highest BCUT2D eigenvalue weighted by molar-refractivity contribution is 5.80. The summed E-state index contributed by atoms with van der Waals surface area (Å²) in [5.74, 6) is 0.987. The molecule has 1 heterocycles. The Bertz CT molecular complexity index is 473. The Balaban J connectivity index is 1.69. The summed E-state index contributed by atoms with van der Waals surface area (Å²) in [5, 5.41) is 0. The zero-order valence-corrected chi connectivity index (χ0v) is 12.2. The van der Waals surface area contributed by atoms with E-state index in [-0.39, 0.29) is 12.0 Å². The lowest BCUT2D eigenvalue weighted by molar-refractivity contribution is -0.136. The Morgan fingerprint density at radius 1 is 1.20 bits per heavy atom. The van der Waals surface area contributed by atoms with Crippen molar-refractivity contribution < 1.29 is 4.79 Å². The highest BCUT2D eigenvalue weighted by atomic mass is 16.2. The van der Waals surface area contributed by atoms with Gasteiger partial charge in [0.15, 0.2) is 0 Å². The molecule has 1 aromatic rings. The maximum absolute atomic E-state index is 12.7. The van der Waals surface area contributed by atoms with Crippen LogP contribution in [0.3, 0.4) is 0 Å². The van der Waals surface area contributed by atoms with E-state index < -0.39 is 0 Å². The van der Waals surface area contributed by atoms with Crippen LogP contribution in [0.1, 0.15) is 44.1 Å². The third-order valence-corrected chi connectivity index (χ3v) is 5.09. The van der Waals surface area contributed by atoms with E-state index in [1.807, 2.05) is 6.07 Å². The van der Waals surface area contributed by atoms with E-state index in [0.29, 0.717) is 17.9 Å². The first-order chi connectivity index (χ1) is 9.66. The number of carbonyl (C=O) groups is 1. The van der Waals surface area contributed by atoms with E-state index in [9.17, 15) is 4.79 Å². The molecule has 2 N–H and O–H groups in total. The first kappa shape index (κ1) is 13.6. The monoisotopic (exact) mass is 272 g/mol. The molecule has 1 aliphatic carbocycles. The number of amides is 1. The van der Waals surface area contributed by atoms with E-state index in [1.54, 1.807) is 0 Å². The summed E-state index contributed by atoms with van der Waals surface area (Å²) in [6.45, 7) is 3.09. The molecule has 1 aliphatic heterocycles. The molecule has 4 atom stereocenters. The molecule has 1 aromatic carbocycles. The number of hydrogen-bond acceptors (Lipinski definition) is 2. The van der Waals surface area contributed by atoms with Gasteiger partial charge in [0.1, 0.15) is 0 Å². The van der Waals surface area contributed by atoms with Gasteiger partial charge in [-0.3, -0.25) is 4.79 Å². The molecular formula is C17H24N2O. The van der Waals surface area contributed by atoms with Gasteiger partial charge < -0.3 is 10.6 Å². The van der Waals surface area contributed by atoms with Gasteiger partial charge in [-0.2, -0.15) is 0 Å². The molecule has 0 radical (unpaired) electrons. The summed E-state index contributed by atoms with van der Waals surface area (Å²) in [4.78, 5) is 14.7. The Labute approximate surface area is 121 Å². The lowest BCUT2D eigenvalue weighted by atomic mass is 9.92. The van der Waals surface area contributed by atoms with E-state index in [2.05, 4.69) is 36.1 Å². The fourth-order valence-corrected chi connectivity index (χ4v) is 3.87. The van der Waals surface area contributed by atoms with Crippen molar-refractivity contribution in [3.63, 3.8) is 0 Å². The predicted molar refractivity (Wildman–Crippen MR) is 80.3 cm³/mol. The van der Waals surface area contributed by atoms with Crippen molar-refractivity contribution in [1.29, 1.82) is 0 Å². The fraction of sp³-hybridized carbons (Fsp3) is 0.588. The molecule has 2 aliphatic rings. The number of carbonyl (C=O) groups excluding carboxylic acids is 1. The van der Waals surface area contributed by atoms with Crippen LogP contribution in [-0.2, 0) is 4.79 Å². The normalized spacial score (nSPS) is 33.6. The lowest BCUT2D eigenvalue weighted by Crippen LogP contribution is -2.39. The van der Waals surface area contributed by atoms with E-state index in [4.69, 9.17) is 5.73 Å². The minimum absolute atomic E-state index is 0.168. The van der Waals surface area contributed by atoms with Gasteiger partial charge in [0.25, 0.3) is 0 Å². The van der Waals surface area contributed by atoms with Crippen LogP contribution >= 0.6 is 0 Å². The number of rotatable bonds is 2. The van der Waals surface area contributed by atoms with Crippen molar-refractivity contribution in [3.8, 4) is 0 Å². The predicted octanol–water partition coefficient (Wildman–Crippen LogP) is 2.52. The van der Waals surface area contributed by atoms with Gasteiger partial charge in [-0.15, -0.1) is 0 Å². The van der Waals surface area contributed by atoms with Gasteiger partial charge in [0.2, 0.25) is 5.91 Å². The molecular weight excluding hydrogens is 248 g/mol. The molecule has 20 heavy (non-hydrogen) atoms. The average Bonchev–Trinajstić information content (AvgIpc) is 3.05. The molecule has 4 unspecified atom stereocenters. The quantitative estimate of drug-likeness (QED) is 0.899. The van der Waals surface area contributed by atoms with Crippen LogP contribution in [0.15, 0.2) is 30.3 Å². The number of nitrogens with zero attached hydrogens (tertiary/aromatic N) is 1. The average molecular weight is 272 g/mol. The highest BCUT2D eigenvalue weighted by Crippen LogP contribution is 2.36. The van der Waals surface area contributed by atoms with Crippen molar-refractivity contribution in [2.75, 3.05) is 6.54 Å². The Hall–Kier alpha value is -1.35. The zero-order valence-electron chi connectivity index (χ0n) is 12.2. The van der Waals surface area contributed by atoms with Crippen LogP contribution in [0, 0.1) is 5.92 Å². The molecule has 3 rings (SSSR count). The molecule has 2 fully saturated rings. The minimum Gasteiger partial charge on any atom is -0.339 e. The number of hydrogen-bond donors (Lipinski definition) is 1. The zero-order chi connectivity index (χ0) is 14.1. The van der Waals surface area contributed by atoms with Gasteiger partial charge in [0, 0.05) is 30.5 Å². The van der Waals surface area contributed by atoms with Crippen LogP contribution in [0.2, 0.25) is 0 Å². The molecule has 0 spiro atoms. The number of likely N-dealkylation sites (tertiary alicyclic amines) is 1. The minimum atomic E-state index is 0.168. The first-order valence-corrected chi connectivity index (χ1v) is 7.78. The molecule has 3 heteroatoms. The molecule has 0 aromatic heterocycles. The van der Waals surface area contributed by atoms with Crippen molar-refractivity contribution in [2.45, 2.75) is 50.6 Å². The van der Waals surface area contributed by atoms with Crippen molar-refractivity contribution in [3.05, 3.63) is 35.9 Å². The molecule has 3 nitrogen and oxygen atoms in total. The van der Waals surface area contributed by atoms with Gasteiger partial charge in [-0.1, -0.05) is 30.3 Å². The Morgan fingerprint density at radius 3 is 2.60 bits per heavy atom. The second kappa shape index (κ2) is 5.57. The second-order valence-corrected chi connectivity index (χ2v) is 6.35. The van der Waals surface area contributed by atoms with Gasteiger partial charge in [-0.05, 0) is 38.2 Å². The summed E-state index contributed by atoms with van der Waals surface area (Å²) >= 11 is 0. The van der Waals surface area contributed by atoms with Crippen LogP contribution in [0.4, 0.5) is 0 Å². The van der Waals surface area contributed by atoms with Crippen LogP contribution in [-0.4, -0.2) is 29.4 Å². The summed E-state index contributed by atoms with van der Waals surface area (Å²) in [6, 6.07) is 11.1. The first-order valence-electron chi connectivity index (χ1n) is 7.78. The van der Waals surface area contributed by atoms with Crippen LogP contribution in [0.25, 0.3) is 0 Å². The Morgan fingerprint density at radius 2 is 1.95 bits per heavy atom. The second-order valence-electron chi connectivity index (χ2n) is 6.35. The fourth-order valence-electron chi connectivity index (χ4n) is 3.87. The number of benzene rings is 1. The van der Waals surface area contributed by atoms with Gasteiger partial charge >= 0.3 is 0 Å². The summed E-state index contributed by atoms with van der Waals surface area (Å²) in [7, 11) is 0. The summed E-state index contributed by atoms with van der Waals surface area (Å²) in [6.07, 6.45) is 3.92. The smallest absolute Gasteiger partial charge is 0.226 e. The largest absolute Gasteiger partial charge is 0.339 e. The third-order valence-electron chi connectivity index (χ3n) is 5.09. The van der Waals surface area contributed by atoms with Gasteiger partial charge in [-0.25, -0.2) is 0 Å². The summed E-state index contributed by atoms with van der Waals surface area (Å²) < 4.78 is 0. The number of nitrogens with two attached hydrogens (primary N) is 1. The van der Waals surface area contributed by atoms with Crippen LogP contribution in [0.5, 0.6) is 0 Å². The van der Waals surface area contributed by atoms with Crippen molar-refractivity contribution in [2.24, 2.45) is 11.7 Å². The van der Waals surface area contributed by atoms with Crippen LogP contribution < -0.4 is 5.73 Å². The molecule has 1 saturated heterocycles. The third kappa shape index (κ3) is 2.47. The van der Waals surface area contributed by atoms with E-state index in [1.165, 1.54) is 5.56 Å². The Kier molecular flexibility index (Phi) is 3.79. The standard InChI is InChI=1S/C17H24N2O/c1-12-16(13-5-3-2-4-6-13)9-10-19(12)17(20)14-7-8-15(18)11-14/h2-6,12,14-16H,7-11,18H2,1H3. The van der Waals surface area contributed by atoms with Crippen molar-refractivity contribution in [1.82, 2.24) is 4.90 Å². The SMILES string of the molecule is CC1C(c2ccccc2)CCN1C(=O)C1CCC(N)C1. The van der Waals surface area contributed by atoms with Gasteiger partial charge in [0.05, 0.1) is 0 Å². The topological polar surface area (TPSA) is 46.3 Å². The lowest BCUT2D eigenvalue weighted by Gasteiger charge is -2.27. The van der Waals surface area contributed by atoms with Crippen molar-refractivity contribution >= 4 is 5.91 Å². The highest BCUT2D eigenvalue weighted by Gasteiger charge is 2.39. The molecule has 1 amide bonds. The van der Waals surface area contributed by atoms with E-state index in [0.717, 1.165) is 32.2 Å². The molecule has 0 bridgehead atoms. The molecule has 108 valence electrons. The molecule has 1 saturated carbocycles. The van der Waals surface area contributed by atoms with E-state index >= 15 is 0 Å². The maximum Gasteiger partial charge on any atom is 0.226 e.